The van der Waals surface area contributed by atoms with Gasteiger partial charge in [-0.1, -0.05) is 12.1 Å². The van der Waals surface area contributed by atoms with Crippen LogP contribution in [0.2, 0.25) is 0 Å². The van der Waals surface area contributed by atoms with E-state index in [9.17, 15) is 14.9 Å². The van der Waals surface area contributed by atoms with Crippen LogP contribution in [0.1, 0.15) is 15.9 Å². The Morgan fingerprint density at radius 1 is 1.55 bits per heavy atom. The van der Waals surface area contributed by atoms with Gasteiger partial charge in [0.15, 0.2) is 5.75 Å². The summed E-state index contributed by atoms with van der Waals surface area (Å²) in [5.74, 6) is -0.905. The highest BCUT2D eigenvalue weighted by atomic mass is 16.6. The Balaban J connectivity index is 2.29. The largest absolute Gasteiger partial charge is 0.486 e. The molecule has 1 aromatic carbocycles. The topological polar surface area (TPSA) is 107 Å². The SMILES string of the molecule is Cn1cc(OCc2cccc([N+](=O)[O-])c2C(=O)O)cn1. The summed E-state index contributed by atoms with van der Waals surface area (Å²) in [5, 5.41) is 23.9. The van der Waals surface area contributed by atoms with Crippen molar-refractivity contribution in [3.63, 3.8) is 0 Å². The Morgan fingerprint density at radius 2 is 2.30 bits per heavy atom. The molecule has 0 aliphatic heterocycles. The van der Waals surface area contributed by atoms with E-state index in [1.165, 1.54) is 23.0 Å². The summed E-state index contributed by atoms with van der Waals surface area (Å²) < 4.78 is 6.90. The van der Waals surface area contributed by atoms with Crippen LogP contribution in [0.3, 0.4) is 0 Å². The first-order valence-corrected chi connectivity index (χ1v) is 5.60. The molecule has 104 valence electrons. The fourth-order valence-electron chi connectivity index (χ4n) is 1.74. The number of carboxylic acid groups (broad SMARTS) is 1. The smallest absolute Gasteiger partial charge is 0.343 e. The Hall–Kier alpha value is -2.90. The van der Waals surface area contributed by atoms with Gasteiger partial charge in [0, 0.05) is 18.7 Å². The Kier molecular flexibility index (Phi) is 3.65. The lowest BCUT2D eigenvalue weighted by atomic mass is 10.1. The zero-order valence-corrected chi connectivity index (χ0v) is 10.5. The lowest BCUT2D eigenvalue weighted by Gasteiger charge is -2.07. The van der Waals surface area contributed by atoms with Gasteiger partial charge >= 0.3 is 5.97 Å². The predicted molar refractivity (Wildman–Crippen MR) is 67.6 cm³/mol. The first-order valence-electron chi connectivity index (χ1n) is 5.60. The molecule has 20 heavy (non-hydrogen) atoms. The summed E-state index contributed by atoms with van der Waals surface area (Å²) in [5.41, 5.74) is -0.582. The number of aromatic nitrogens is 2. The van der Waals surface area contributed by atoms with E-state index in [1.54, 1.807) is 13.2 Å². The average Bonchev–Trinajstić information content (AvgIpc) is 2.81. The molecule has 0 saturated carbocycles. The van der Waals surface area contributed by atoms with Crippen LogP contribution < -0.4 is 4.74 Å². The number of benzene rings is 1. The number of hydrogen-bond acceptors (Lipinski definition) is 5. The van der Waals surface area contributed by atoms with Crippen LogP contribution in [-0.2, 0) is 13.7 Å². The molecule has 0 aliphatic rings. The number of aromatic carboxylic acids is 1. The van der Waals surface area contributed by atoms with Gasteiger partial charge in [-0.25, -0.2) is 4.79 Å². The number of hydrogen-bond donors (Lipinski definition) is 1. The van der Waals surface area contributed by atoms with Crippen molar-refractivity contribution in [2.24, 2.45) is 7.05 Å². The van der Waals surface area contributed by atoms with Crippen LogP contribution in [0.4, 0.5) is 5.69 Å². The van der Waals surface area contributed by atoms with Crippen molar-refractivity contribution in [2.45, 2.75) is 6.61 Å². The minimum atomic E-state index is -1.36. The number of nitrogens with zero attached hydrogens (tertiary/aromatic N) is 3. The third-order valence-electron chi connectivity index (χ3n) is 2.61. The van der Waals surface area contributed by atoms with Crippen LogP contribution in [-0.4, -0.2) is 25.8 Å². The molecular weight excluding hydrogens is 266 g/mol. The van der Waals surface area contributed by atoms with Crippen LogP contribution in [0.5, 0.6) is 5.75 Å². The fourth-order valence-corrected chi connectivity index (χ4v) is 1.74. The molecule has 0 saturated heterocycles. The number of carbonyl (C=O) groups is 1. The van der Waals surface area contributed by atoms with E-state index in [0.29, 0.717) is 5.75 Å². The van der Waals surface area contributed by atoms with E-state index < -0.39 is 16.6 Å². The fraction of sp³-hybridized carbons (Fsp3) is 0.167. The summed E-state index contributed by atoms with van der Waals surface area (Å²) >= 11 is 0. The zero-order valence-electron chi connectivity index (χ0n) is 10.5. The maximum absolute atomic E-state index is 11.2. The standard InChI is InChI=1S/C12H11N3O5/c1-14-6-9(5-13-14)20-7-8-3-2-4-10(15(18)19)11(8)12(16)17/h2-6H,7H2,1H3,(H,16,17). The molecule has 1 heterocycles. The third kappa shape index (κ3) is 2.74. The van der Waals surface area contributed by atoms with Crippen molar-refractivity contribution < 1.29 is 19.6 Å². The molecule has 8 nitrogen and oxygen atoms in total. The van der Waals surface area contributed by atoms with Gasteiger partial charge < -0.3 is 9.84 Å². The second-order valence-electron chi connectivity index (χ2n) is 4.01. The highest BCUT2D eigenvalue weighted by Gasteiger charge is 2.23. The van der Waals surface area contributed by atoms with E-state index in [0.717, 1.165) is 6.07 Å². The van der Waals surface area contributed by atoms with E-state index in [1.807, 2.05) is 0 Å². The molecule has 0 bridgehead atoms. The maximum atomic E-state index is 11.2. The number of ether oxygens (including phenoxy) is 1. The molecule has 2 aromatic rings. The summed E-state index contributed by atoms with van der Waals surface area (Å²) in [6.07, 6.45) is 3.08. The summed E-state index contributed by atoms with van der Waals surface area (Å²) in [6, 6.07) is 4.05. The van der Waals surface area contributed by atoms with Crippen molar-refractivity contribution >= 4 is 11.7 Å². The van der Waals surface area contributed by atoms with E-state index in [4.69, 9.17) is 9.84 Å². The first-order chi connectivity index (χ1) is 9.49. The van der Waals surface area contributed by atoms with Gasteiger partial charge in [0.1, 0.15) is 12.2 Å². The number of aryl methyl sites for hydroxylation is 1. The molecule has 0 aliphatic carbocycles. The van der Waals surface area contributed by atoms with Gasteiger partial charge in [0.25, 0.3) is 5.69 Å². The van der Waals surface area contributed by atoms with Gasteiger partial charge in [-0.15, -0.1) is 0 Å². The average molecular weight is 277 g/mol. The van der Waals surface area contributed by atoms with Crippen molar-refractivity contribution in [1.29, 1.82) is 0 Å². The van der Waals surface area contributed by atoms with Crippen molar-refractivity contribution in [3.8, 4) is 5.75 Å². The van der Waals surface area contributed by atoms with Crippen LogP contribution >= 0.6 is 0 Å². The molecule has 0 atom stereocenters. The van der Waals surface area contributed by atoms with E-state index >= 15 is 0 Å². The van der Waals surface area contributed by atoms with Crippen molar-refractivity contribution in [3.05, 3.63) is 51.8 Å². The van der Waals surface area contributed by atoms with Gasteiger partial charge in [0.05, 0.1) is 17.3 Å². The molecule has 0 spiro atoms. The summed E-state index contributed by atoms with van der Waals surface area (Å²) in [4.78, 5) is 21.3. The minimum absolute atomic E-state index is 0.0883. The van der Waals surface area contributed by atoms with E-state index in [-0.39, 0.29) is 17.7 Å². The zero-order chi connectivity index (χ0) is 14.7. The lowest BCUT2D eigenvalue weighted by molar-refractivity contribution is -0.385. The van der Waals surface area contributed by atoms with Gasteiger partial charge in [0.2, 0.25) is 0 Å². The molecule has 2 rings (SSSR count). The quantitative estimate of drug-likeness (QED) is 0.657. The molecule has 1 aromatic heterocycles. The van der Waals surface area contributed by atoms with Crippen LogP contribution in [0.15, 0.2) is 30.6 Å². The van der Waals surface area contributed by atoms with Gasteiger partial charge in [-0.3, -0.25) is 14.8 Å². The maximum Gasteiger partial charge on any atom is 0.343 e. The molecule has 0 fully saturated rings. The highest BCUT2D eigenvalue weighted by molar-refractivity contribution is 5.94. The molecule has 0 radical (unpaired) electrons. The first kappa shape index (κ1) is 13.5. The molecule has 1 N–H and O–H groups in total. The number of nitro groups is 1. The van der Waals surface area contributed by atoms with Crippen molar-refractivity contribution in [1.82, 2.24) is 9.78 Å². The second-order valence-corrected chi connectivity index (χ2v) is 4.01. The molecule has 0 amide bonds. The normalized spacial score (nSPS) is 10.2. The number of nitro benzene ring substituents is 1. The predicted octanol–water partition coefficient (Wildman–Crippen LogP) is 1.61. The van der Waals surface area contributed by atoms with Gasteiger partial charge in [-0.2, -0.15) is 5.10 Å². The van der Waals surface area contributed by atoms with Crippen LogP contribution in [0.25, 0.3) is 0 Å². The second kappa shape index (κ2) is 5.39. The Labute approximate surface area is 113 Å². The van der Waals surface area contributed by atoms with E-state index in [2.05, 4.69) is 5.10 Å². The van der Waals surface area contributed by atoms with Crippen LogP contribution in [0, 0.1) is 10.1 Å². The highest BCUT2D eigenvalue weighted by Crippen LogP contribution is 2.23. The van der Waals surface area contributed by atoms with Gasteiger partial charge in [-0.05, 0) is 0 Å². The monoisotopic (exact) mass is 277 g/mol. The number of rotatable bonds is 5. The van der Waals surface area contributed by atoms with Crippen molar-refractivity contribution in [2.75, 3.05) is 0 Å². The third-order valence-corrected chi connectivity index (χ3v) is 2.61. The number of carboxylic acids is 1. The summed E-state index contributed by atoms with van der Waals surface area (Å²) in [6.45, 7) is -0.0883. The molecule has 0 unspecified atom stereocenters. The Morgan fingerprint density at radius 3 is 2.85 bits per heavy atom. The molecular formula is C12H11N3O5. The summed E-state index contributed by atoms with van der Waals surface area (Å²) in [7, 11) is 1.71. The minimum Gasteiger partial charge on any atom is -0.486 e. The lowest BCUT2D eigenvalue weighted by Crippen LogP contribution is -2.09. The Bertz CT molecular complexity index is 665. The molecule has 8 heteroatoms.